The third-order valence-electron chi connectivity index (χ3n) is 2.44. The third kappa shape index (κ3) is 1.40. The van der Waals surface area contributed by atoms with Crippen LogP contribution < -0.4 is 5.32 Å². The smallest absolute Gasteiger partial charge is 0.165 e. The summed E-state index contributed by atoms with van der Waals surface area (Å²) in [5, 5.41) is 12.6. The molecule has 70 valence electrons. The number of aromatic hydroxyl groups is 1. The lowest BCUT2D eigenvalue weighted by Gasteiger charge is -2.28. The van der Waals surface area contributed by atoms with E-state index in [4.69, 9.17) is 0 Å². The van der Waals surface area contributed by atoms with Crippen molar-refractivity contribution in [2.24, 2.45) is 0 Å². The van der Waals surface area contributed by atoms with Crippen molar-refractivity contribution in [3.05, 3.63) is 29.1 Å². The van der Waals surface area contributed by atoms with Crippen LogP contribution in [0.4, 0.5) is 4.39 Å². The summed E-state index contributed by atoms with van der Waals surface area (Å²) in [6.45, 7) is 2.77. The van der Waals surface area contributed by atoms with Crippen LogP contribution in [0.15, 0.2) is 12.1 Å². The fraction of sp³-hybridized carbons (Fsp3) is 0.400. The van der Waals surface area contributed by atoms with Crippen molar-refractivity contribution in [3.63, 3.8) is 0 Å². The number of halogens is 1. The monoisotopic (exact) mass is 181 g/mol. The number of hydrogen-bond donors (Lipinski definition) is 2. The predicted molar refractivity (Wildman–Crippen MR) is 48.2 cm³/mol. The van der Waals surface area contributed by atoms with Crippen molar-refractivity contribution in [2.75, 3.05) is 6.54 Å². The van der Waals surface area contributed by atoms with Crippen LogP contribution in [0.25, 0.3) is 0 Å². The fourth-order valence-electron chi connectivity index (χ4n) is 1.58. The lowest BCUT2D eigenvalue weighted by molar-refractivity contribution is 0.354. The molecule has 1 aromatic carbocycles. The van der Waals surface area contributed by atoms with Crippen molar-refractivity contribution in [1.82, 2.24) is 5.32 Å². The van der Waals surface area contributed by atoms with E-state index in [-0.39, 0.29) is 11.8 Å². The van der Waals surface area contributed by atoms with Gasteiger partial charge in [-0.3, -0.25) is 0 Å². The molecule has 1 aliphatic rings. The second-order valence-corrected chi connectivity index (χ2v) is 3.48. The first kappa shape index (κ1) is 8.51. The number of nitrogens with one attached hydrogen (secondary N) is 1. The Balaban J connectivity index is 2.42. The molecular formula is C10H12FNO. The molecule has 0 unspecified atom stereocenters. The number of hydrogen-bond acceptors (Lipinski definition) is 2. The molecule has 0 aromatic heterocycles. The third-order valence-corrected chi connectivity index (χ3v) is 2.44. The van der Waals surface area contributed by atoms with Crippen LogP contribution in [-0.2, 0) is 0 Å². The zero-order valence-electron chi connectivity index (χ0n) is 7.47. The minimum atomic E-state index is -0.524. The Hall–Kier alpha value is -1.09. The molecule has 1 atom stereocenters. The molecule has 1 aromatic rings. The van der Waals surface area contributed by atoms with E-state index in [0.29, 0.717) is 5.56 Å². The Morgan fingerprint density at radius 3 is 2.77 bits per heavy atom. The Morgan fingerprint density at radius 1 is 1.54 bits per heavy atom. The van der Waals surface area contributed by atoms with E-state index in [1.54, 1.807) is 0 Å². The summed E-state index contributed by atoms with van der Waals surface area (Å²) in [5.41, 5.74) is 1.53. The number of aryl methyl sites for hydroxylation is 1. The van der Waals surface area contributed by atoms with Crippen LogP contribution in [0.3, 0.4) is 0 Å². The second-order valence-electron chi connectivity index (χ2n) is 3.48. The van der Waals surface area contributed by atoms with Gasteiger partial charge in [-0.15, -0.1) is 0 Å². The molecule has 1 saturated heterocycles. The molecule has 3 heteroatoms. The summed E-state index contributed by atoms with van der Waals surface area (Å²) in [6.07, 6.45) is 0.969. The van der Waals surface area contributed by atoms with Gasteiger partial charge < -0.3 is 10.4 Å². The summed E-state index contributed by atoms with van der Waals surface area (Å²) in [6, 6.07) is 3.31. The maximum Gasteiger partial charge on any atom is 0.165 e. The highest BCUT2D eigenvalue weighted by Gasteiger charge is 2.23. The zero-order chi connectivity index (χ0) is 9.42. The van der Waals surface area contributed by atoms with Crippen LogP contribution in [0.2, 0.25) is 0 Å². The molecule has 0 amide bonds. The highest BCUT2D eigenvalue weighted by atomic mass is 19.1. The molecule has 0 aliphatic carbocycles. The largest absolute Gasteiger partial charge is 0.505 e. The van der Waals surface area contributed by atoms with E-state index in [0.717, 1.165) is 18.5 Å². The highest BCUT2D eigenvalue weighted by Crippen LogP contribution is 2.32. The van der Waals surface area contributed by atoms with Gasteiger partial charge >= 0.3 is 0 Å². The molecule has 2 nitrogen and oxygen atoms in total. The molecule has 2 N–H and O–H groups in total. The van der Waals surface area contributed by atoms with Crippen LogP contribution in [0.1, 0.15) is 23.6 Å². The van der Waals surface area contributed by atoms with Gasteiger partial charge in [0.15, 0.2) is 11.6 Å². The molecule has 0 saturated carbocycles. The molecule has 1 heterocycles. The van der Waals surface area contributed by atoms with Gasteiger partial charge in [0.05, 0.1) is 0 Å². The van der Waals surface area contributed by atoms with Crippen molar-refractivity contribution in [3.8, 4) is 5.75 Å². The van der Waals surface area contributed by atoms with Gasteiger partial charge in [-0.05, 0) is 31.5 Å². The maximum atomic E-state index is 13.1. The van der Waals surface area contributed by atoms with Crippen LogP contribution >= 0.6 is 0 Å². The summed E-state index contributed by atoms with van der Waals surface area (Å²) in [5.74, 6) is -0.730. The summed E-state index contributed by atoms with van der Waals surface area (Å²) >= 11 is 0. The summed E-state index contributed by atoms with van der Waals surface area (Å²) in [7, 11) is 0. The molecule has 13 heavy (non-hydrogen) atoms. The quantitative estimate of drug-likeness (QED) is 0.693. The number of rotatable bonds is 1. The molecule has 0 radical (unpaired) electrons. The van der Waals surface area contributed by atoms with Gasteiger partial charge in [-0.25, -0.2) is 4.39 Å². The molecule has 2 rings (SSSR count). The van der Waals surface area contributed by atoms with Crippen LogP contribution in [-0.4, -0.2) is 11.7 Å². The second kappa shape index (κ2) is 3.00. The van der Waals surface area contributed by atoms with Gasteiger partial charge in [-0.1, -0.05) is 6.07 Å². The van der Waals surface area contributed by atoms with E-state index in [1.807, 2.05) is 13.0 Å². The Morgan fingerprint density at radius 2 is 2.23 bits per heavy atom. The van der Waals surface area contributed by atoms with E-state index in [9.17, 15) is 9.50 Å². The maximum absolute atomic E-state index is 13.1. The summed E-state index contributed by atoms with van der Waals surface area (Å²) in [4.78, 5) is 0. The van der Waals surface area contributed by atoms with Crippen molar-refractivity contribution >= 4 is 0 Å². The van der Waals surface area contributed by atoms with Crippen molar-refractivity contribution in [2.45, 2.75) is 19.4 Å². The summed E-state index contributed by atoms with van der Waals surface area (Å²) < 4.78 is 13.1. The first-order chi connectivity index (χ1) is 6.18. The average molecular weight is 181 g/mol. The van der Waals surface area contributed by atoms with E-state index < -0.39 is 5.82 Å². The average Bonchev–Trinajstić information content (AvgIpc) is 1.95. The molecule has 0 spiro atoms. The van der Waals surface area contributed by atoms with Gasteiger partial charge in [0.1, 0.15) is 0 Å². The number of phenols is 1. The fourth-order valence-corrected chi connectivity index (χ4v) is 1.58. The van der Waals surface area contributed by atoms with Gasteiger partial charge in [0, 0.05) is 11.6 Å². The Bertz CT molecular complexity index is 334. The number of benzene rings is 1. The molecule has 1 fully saturated rings. The van der Waals surface area contributed by atoms with Crippen LogP contribution in [0.5, 0.6) is 5.75 Å². The minimum absolute atomic E-state index is 0.134. The van der Waals surface area contributed by atoms with E-state index in [2.05, 4.69) is 5.32 Å². The SMILES string of the molecule is Cc1cc(F)c(O)c([C@H]2CCN2)c1. The lowest BCUT2D eigenvalue weighted by Crippen LogP contribution is -2.35. The first-order valence-corrected chi connectivity index (χ1v) is 4.41. The van der Waals surface area contributed by atoms with E-state index >= 15 is 0 Å². The predicted octanol–water partition coefficient (Wildman–Crippen LogP) is 1.87. The van der Waals surface area contributed by atoms with Gasteiger partial charge in [0.25, 0.3) is 0 Å². The highest BCUT2D eigenvalue weighted by molar-refractivity contribution is 5.40. The Labute approximate surface area is 76.4 Å². The van der Waals surface area contributed by atoms with Gasteiger partial charge in [0.2, 0.25) is 0 Å². The van der Waals surface area contributed by atoms with E-state index in [1.165, 1.54) is 6.07 Å². The normalized spacial score (nSPS) is 21.2. The van der Waals surface area contributed by atoms with Crippen LogP contribution in [0, 0.1) is 12.7 Å². The van der Waals surface area contributed by atoms with Crippen molar-refractivity contribution < 1.29 is 9.50 Å². The molecule has 0 bridgehead atoms. The number of phenolic OH excluding ortho intramolecular Hbond substituents is 1. The first-order valence-electron chi connectivity index (χ1n) is 4.41. The van der Waals surface area contributed by atoms with Crippen molar-refractivity contribution in [1.29, 1.82) is 0 Å². The Kier molecular flexibility index (Phi) is 1.96. The zero-order valence-corrected chi connectivity index (χ0v) is 7.47. The standard InChI is InChI=1S/C10H12FNO/c1-6-4-7(9-2-3-12-9)10(13)8(11)5-6/h4-5,9,12-13H,2-3H2,1H3/t9-/m1/s1. The lowest BCUT2D eigenvalue weighted by atomic mass is 9.95. The minimum Gasteiger partial charge on any atom is -0.505 e. The topological polar surface area (TPSA) is 32.3 Å². The molecular weight excluding hydrogens is 169 g/mol. The van der Waals surface area contributed by atoms with Gasteiger partial charge in [-0.2, -0.15) is 0 Å². The molecule has 1 aliphatic heterocycles.